The topological polar surface area (TPSA) is 54.0 Å². The SMILES string of the molecule is CCC(C)(C)Nc1nc(NC(C)(C)C)cc(C)c1C=O. The number of carbonyl (C=O) groups is 1. The molecule has 112 valence electrons. The maximum atomic E-state index is 11.3. The molecule has 2 N–H and O–H groups in total. The van der Waals surface area contributed by atoms with E-state index in [0.717, 1.165) is 24.1 Å². The van der Waals surface area contributed by atoms with Gasteiger partial charge in [-0.3, -0.25) is 4.79 Å². The second kappa shape index (κ2) is 5.81. The number of rotatable bonds is 5. The Morgan fingerprint density at radius 1 is 1.20 bits per heavy atom. The molecule has 0 aliphatic rings. The third kappa shape index (κ3) is 4.51. The number of nitrogens with one attached hydrogen (secondary N) is 2. The van der Waals surface area contributed by atoms with Gasteiger partial charge in [0.2, 0.25) is 0 Å². The van der Waals surface area contributed by atoms with Crippen molar-refractivity contribution in [1.29, 1.82) is 0 Å². The Bertz CT molecular complexity index is 487. The van der Waals surface area contributed by atoms with Crippen LogP contribution < -0.4 is 10.6 Å². The molecule has 20 heavy (non-hydrogen) atoms. The highest BCUT2D eigenvalue weighted by molar-refractivity contribution is 5.85. The minimum absolute atomic E-state index is 0.0698. The molecule has 1 aromatic heterocycles. The average Bonchev–Trinajstić information content (AvgIpc) is 2.26. The van der Waals surface area contributed by atoms with Gasteiger partial charge >= 0.3 is 0 Å². The van der Waals surface area contributed by atoms with E-state index in [1.807, 2.05) is 13.0 Å². The molecular formula is C16H27N3O. The maximum Gasteiger partial charge on any atom is 0.154 e. The number of nitrogens with zero attached hydrogens (tertiary/aromatic N) is 1. The van der Waals surface area contributed by atoms with Gasteiger partial charge in [0.1, 0.15) is 11.6 Å². The highest BCUT2D eigenvalue weighted by Gasteiger charge is 2.20. The molecule has 0 saturated carbocycles. The maximum absolute atomic E-state index is 11.3. The summed E-state index contributed by atoms with van der Waals surface area (Å²) in [5.41, 5.74) is 1.39. The average molecular weight is 277 g/mol. The molecule has 0 bridgehead atoms. The fourth-order valence-electron chi connectivity index (χ4n) is 1.78. The van der Waals surface area contributed by atoms with E-state index in [9.17, 15) is 4.79 Å². The van der Waals surface area contributed by atoms with E-state index in [1.54, 1.807) is 0 Å². The van der Waals surface area contributed by atoms with E-state index >= 15 is 0 Å². The predicted molar refractivity (Wildman–Crippen MR) is 85.7 cm³/mol. The van der Waals surface area contributed by atoms with Crippen LogP contribution in [0, 0.1) is 6.92 Å². The van der Waals surface area contributed by atoms with Crippen LogP contribution in [0.3, 0.4) is 0 Å². The standard InChI is InChI=1S/C16H27N3O/c1-8-16(6,7)19-14-12(10-20)11(2)9-13(17-14)18-15(3,4)5/h9-10H,8H2,1-7H3,(H2,17,18,19). The molecule has 1 rings (SSSR count). The second-order valence-corrected chi connectivity index (χ2v) is 6.94. The van der Waals surface area contributed by atoms with Gasteiger partial charge in [0.25, 0.3) is 0 Å². The van der Waals surface area contributed by atoms with Gasteiger partial charge in [-0.15, -0.1) is 0 Å². The van der Waals surface area contributed by atoms with Crippen LogP contribution in [0.1, 0.15) is 63.9 Å². The van der Waals surface area contributed by atoms with Crippen molar-refractivity contribution < 1.29 is 4.79 Å². The molecule has 1 aromatic rings. The molecule has 4 heteroatoms. The van der Waals surface area contributed by atoms with Crippen LogP contribution in [-0.2, 0) is 0 Å². The summed E-state index contributed by atoms with van der Waals surface area (Å²) in [5, 5.41) is 6.72. The predicted octanol–water partition coefficient (Wildman–Crippen LogP) is 4.01. The summed E-state index contributed by atoms with van der Waals surface area (Å²) in [6.07, 6.45) is 1.82. The van der Waals surface area contributed by atoms with E-state index < -0.39 is 0 Å². The molecule has 0 aliphatic heterocycles. The normalized spacial score (nSPS) is 12.2. The molecule has 4 nitrogen and oxygen atoms in total. The minimum Gasteiger partial charge on any atom is -0.365 e. The van der Waals surface area contributed by atoms with Crippen LogP contribution in [0.4, 0.5) is 11.6 Å². The zero-order valence-electron chi connectivity index (χ0n) is 13.7. The molecule has 0 atom stereocenters. The summed E-state index contributed by atoms with van der Waals surface area (Å²) >= 11 is 0. The van der Waals surface area contributed by atoms with E-state index in [1.165, 1.54) is 0 Å². The molecule has 0 amide bonds. The van der Waals surface area contributed by atoms with Crippen molar-refractivity contribution in [2.45, 2.75) is 66.0 Å². The quantitative estimate of drug-likeness (QED) is 0.798. The Morgan fingerprint density at radius 3 is 2.25 bits per heavy atom. The number of hydrogen-bond donors (Lipinski definition) is 2. The third-order valence-electron chi connectivity index (χ3n) is 3.23. The Labute approximate surface area is 122 Å². The van der Waals surface area contributed by atoms with Crippen molar-refractivity contribution in [3.8, 4) is 0 Å². The lowest BCUT2D eigenvalue weighted by Crippen LogP contribution is -2.32. The first kappa shape index (κ1) is 16.5. The molecular weight excluding hydrogens is 250 g/mol. The molecule has 0 radical (unpaired) electrons. The van der Waals surface area contributed by atoms with Gasteiger partial charge in [-0.2, -0.15) is 0 Å². The fourth-order valence-corrected chi connectivity index (χ4v) is 1.78. The zero-order chi connectivity index (χ0) is 15.6. The lowest BCUT2D eigenvalue weighted by molar-refractivity contribution is 0.112. The van der Waals surface area contributed by atoms with Crippen molar-refractivity contribution in [2.75, 3.05) is 10.6 Å². The Kier molecular flexibility index (Phi) is 4.79. The molecule has 0 spiro atoms. The first-order chi connectivity index (χ1) is 9.08. The van der Waals surface area contributed by atoms with E-state index in [-0.39, 0.29) is 11.1 Å². The monoisotopic (exact) mass is 277 g/mol. The van der Waals surface area contributed by atoms with Crippen LogP contribution in [0.25, 0.3) is 0 Å². The second-order valence-electron chi connectivity index (χ2n) is 6.94. The van der Waals surface area contributed by atoms with Crippen molar-refractivity contribution in [1.82, 2.24) is 4.98 Å². The fraction of sp³-hybridized carbons (Fsp3) is 0.625. The van der Waals surface area contributed by atoms with Gasteiger partial charge in [-0.1, -0.05) is 6.92 Å². The van der Waals surface area contributed by atoms with E-state index in [2.05, 4.69) is 57.2 Å². The van der Waals surface area contributed by atoms with Gasteiger partial charge in [0.15, 0.2) is 6.29 Å². The van der Waals surface area contributed by atoms with Crippen molar-refractivity contribution in [3.05, 3.63) is 17.2 Å². The largest absolute Gasteiger partial charge is 0.365 e. The summed E-state index contributed by atoms with van der Waals surface area (Å²) in [7, 11) is 0. The molecule has 0 fully saturated rings. The number of pyridine rings is 1. The molecule has 1 heterocycles. The van der Waals surface area contributed by atoms with Crippen LogP contribution in [0.5, 0.6) is 0 Å². The van der Waals surface area contributed by atoms with Crippen LogP contribution in [-0.4, -0.2) is 22.3 Å². The molecule has 0 aliphatic carbocycles. The van der Waals surface area contributed by atoms with Crippen LogP contribution in [0.2, 0.25) is 0 Å². The lowest BCUT2D eigenvalue weighted by Gasteiger charge is -2.28. The Morgan fingerprint density at radius 2 is 1.80 bits per heavy atom. The summed E-state index contributed by atoms with van der Waals surface area (Å²) in [6, 6.07) is 1.92. The van der Waals surface area contributed by atoms with Crippen molar-refractivity contribution in [2.24, 2.45) is 0 Å². The van der Waals surface area contributed by atoms with E-state index in [4.69, 9.17) is 0 Å². The third-order valence-corrected chi connectivity index (χ3v) is 3.23. The summed E-state index contributed by atoms with van der Waals surface area (Å²) in [5.74, 6) is 1.44. The number of anilines is 2. The summed E-state index contributed by atoms with van der Waals surface area (Å²) in [6.45, 7) is 14.5. The molecule has 0 saturated heterocycles. The first-order valence-electron chi connectivity index (χ1n) is 7.11. The number of hydrogen-bond acceptors (Lipinski definition) is 4. The van der Waals surface area contributed by atoms with Gasteiger partial charge in [0.05, 0.1) is 5.56 Å². The highest BCUT2D eigenvalue weighted by atomic mass is 16.1. The molecule has 0 aromatic carbocycles. The number of aromatic nitrogens is 1. The zero-order valence-corrected chi connectivity index (χ0v) is 13.7. The van der Waals surface area contributed by atoms with E-state index in [0.29, 0.717) is 11.4 Å². The smallest absolute Gasteiger partial charge is 0.154 e. The van der Waals surface area contributed by atoms with Gasteiger partial charge in [-0.25, -0.2) is 4.98 Å². The van der Waals surface area contributed by atoms with Crippen molar-refractivity contribution in [3.63, 3.8) is 0 Å². The van der Waals surface area contributed by atoms with Gasteiger partial charge in [-0.05, 0) is 59.6 Å². The van der Waals surface area contributed by atoms with Crippen LogP contribution in [0.15, 0.2) is 6.07 Å². The van der Waals surface area contributed by atoms with Crippen molar-refractivity contribution >= 4 is 17.9 Å². The van der Waals surface area contributed by atoms with Gasteiger partial charge < -0.3 is 10.6 Å². The van der Waals surface area contributed by atoms with Gasteiger partial charge in [0, 0.05) is 11.1 Å². The molecule has 0 unspecified atom stereocenters. The number of aldehydes is 1. The lowest BCUT2D eigenvalue weighted by atomic mass is 10.0. The minimum atomic E-state index is -0.0996. The Hall–Kier alpha value is -1.58. The summed E-state index contributed by atoms with van der Waals surface area (Å²) < 4.78 is 0. The Balaban J connectivity index is 3.22. The number of aryl methyl sites for hydroxylation is 1. The highest BCUT2D eigenvalue weighted by Crippen LogP contribution is 2.25. The number of carbonyl (C=O) groups excluding carboxylic acids is 1. The van der Waals surface area contributed by atoms with Crippen LogP contribution >= 0.6 is 0 Å². The first-order valence-corrected chi connectivity index (χ1v) is 7.11. The summed E-state index contributed by atoms with van der Waals surface area (Å²) in [4.78, 5) is 15.9.